The molecule has 0 aliphatic rings. The molecule has 1 aromatic heterocycles. The molecule has 0 radical (unpaired) electrons. The molecule has 2 aromatic rings. The number of esters is 1. The van der Waals surface area contributed by atoms with Gasteiger partial charge in [-0.1, -0.05) is 31.2 Å². The zero-order chi connectivity index (χ0) is 16.8. The second kappa shape index (κ2) is 7.87. The molecule has 1 atom stereocenters. The van der Waals surface area contributed by atoms with Crippen LogP contribution in [0.1, 0.15) is 36.8 Å². The highest BCUT2D eigenvalue weighted by molar-refractivity contribution is 7.13. The molecular weight excluding hydrogens is 312 g/mol. The fraction of sp³-hybridized carbons (Fsp3) is 0.353. The summed E-state index contributed by atoms with van der Waals surface area (Å²) < 4.78 is 5.13. The molecule has 0 saturated heterocycles. The molecule has 23 heavy (non-hydrogen) atoms. The molecule has 0 fully saturated rings. The molecule has 6 heteroatoms. The summed E-state index contributed by atoms with van der Waals surface area (Å²) in [5.41, 5.74) is 2.43. The molecule has 0 saturated carbocycles. The van der Waals surface area contributed by atoms with E-state index in [1.165, 1.54) is 16.9 Å². The lowest BCUT2D eigenvalue weighted by Crippen LogP contribution is -2.35. The van der Waals surface area contributed by atoms with E-state index < -0.39 is 12.1 Å². The van der Waals surface area contributed by atoms with Crippen LogP contribution in [-0.4, -0.2) is 29.5 Å². The number of thiazole rings is 1. The van der Waals surface area contributed by atoms with Gasteiger partial charge in [0, 0.05) is 17.5 Å². The molecule has 1 aromatic carbocycles. The van der Waals surface area contributed by atoms with Gasteiger partial charge in [0.05, 0.1) is 0 Å². The van der Waals surface area contributed by atoms with Crippen LogP contribution in [0.4, 0.5) is 0 Å². The van der Waals surface area contributed by atoms with E-state index in [4.69, 9.17) is 4.74 Å². The number of benzene rings is 1. The molecule has 2 rings (SSSR count). The Bertz CT molecular complexity index is 679. The number of carbonyl (C=O) groups is 2. The Morgan fingerprint density at radius 2 is 1.96 bits per heavy atom. The summed E-state index contributed by atoms with van der Waals surface area (Å²) in [6.45, 7) is 5.94. The first-order valence-electron chi connectivity index (χ1n) is 7.58. The molecule has 5 nitrogen and oxygen atoms in total. The minimum Gasteiger partial charge on any atom is -0.448 e. The van der Waals surface area contributed by atoms with Gasteiger partial charge in [-0.25, -0.2) is 9.78 Å². The van der Waals surface area contributed by atoms with Crippen molar-refractivity contribution in [2.24, 2.45) is 0 Å². The Balaban J connectivity index is 2.05. The van der Waals surface area contributed by atoms with E-state index in [-0.39, 0.29) is 11.6 Å². The fourth-order valence-corrected chi connectivity index (χ4v) is 2.77. The van der Waals surface area contributed by atoms with Crippen LogP contribution in [-0.2, 0) is 16.0 Å². The smallest absolute Gasteiger partial charge is 0.358 e. The van der Waals surface area contributed by atoms with E-state index >= 15 is 0 Å². The third kappa shape index (κ3) is 4.39. The molecule has 0 unspecified atom stereocenters. The summed E-state index contributed by atoms with van der Waals surface area (Å²) in [6, 6.07) is 8.08. The van der Waals surface area contributed by atoms with Gasteiger partial charge in [-0.3, -0.25) is 4.79 Å². The average Bonchev–Trinajstić information content (AvgIpc) is 3.05. The maximum absolute atomic E-state index is 12.1. The van der Waals surface area contributed by atoms with Gasteiger partial charge in [-0.2, -0.15) is 0 Å². The first-order chi connectivity index (χ1) is 11.0. The van der Waals surface area contributed by atoms with Crippen LogP contribution in [0, 0.1) is 0 Å². The largest absolute Gasteiger partial charge is 0.448 e. The number of amides is 1. The number of ether oxygens (including phenoxy) is 1. The fourth-order valence-electron chi connectivity index (χ4n) is 1.98. The predicted octanol–water partition coefficient (Wildman–Crippen LogP) is 3.05. The maximum atomic E-state index is 12.1. The quantitative estimate of drug-likeness (QED) is 0.826. The zero-order valence-corrected chi connectivity index (χ0v) is 14.3. The van der Waals surface area contributed by atoms with Gasteiger partial charge >= 0.3 is 5.97 Å². The van der Waals surface area contributed by atoms with Crippen LogP contribution in [0.25, 0.3) is 10.6 Å². The third-order valence-electron chi connectivity index (χ3n) is 3.33. The highest BCUT2D eigenvalue weighted by atomic mass is 32.1. The molecule has 1 amide bonds. The van der Waals surface area contributed by atoms with Gasteiger partial charge in [-0.05, 0) is 25.8 Å². The van der Waals surface area contributed by atoms with Gasteiger partial charge in [0.1, 0.15) is 5.01 Å². The van der Waals surface area contributed by atoms with Crippen LogP contribution in [0.2, 0.25) is 0 Å². The Hall–Kier alpha value is -2.21. The van der Waals surface area contributed by atoms with Crippen LogP contribution in [0.5, 0.6) is 0 Å². The lowest BCUT2D eigenvalue weighted by Gasteiger charge is -2.11. The van der Waals surface area contributed by atoms with Gasteiger partial charge in [0.15, 0.2) is 11.8 Å². The van der Waals surface area contributed by atoms with Gasteiger partial charge < -0.3 is 10.1 Å². The van der Waals surface area contributed by atoms with Crippen LogP contribution < -0.4 is 5.32 Å². The number of aryl methyl sites for hydroxylation is 1. The molecule has 1 N–H and O–H groups in total. The van der Waals surface area contributed by atoms with Crippen LogP contribution in [0.3, 0.4) is 0 Å². The standard InChI is InChI=1S/C17H20N2O3S/c1-4-12-6-8-13(9-7-12)16-19-14(10-23-16)17(21)22-11(3)15(20)18-5-2/h6-11H,4-5H2,1-3H3,(H,18,20)/t11-/m0/s1. The maximum Gasteiger partial charge on any atom is 0.358 e. The van der Waals surface area contributed by atoms with Crippen LogP contribution >= 0.6 is 11.3 Å². The SMILES string of the molecule is CCNC(=O)[C@H](C)OC(=O)c1csc(-c2ccc(CC)cc2)n1. The summed E-state index contributed by atoms with van der Waals surface area (Å²) in [5, 5.41) is 5.01. The van der Waals surface area contributed by atoms with E-state index in [2.05, 4.69) is 17.2 Å². The van der Waals surface area contributed by atoms with E-state index in [0.29, 0.717) is 6.54 Å². The Labute approximate surface area is 139 Å². The molecule has 0 aliphatic carbocycles. The van der Waals surface area contributed by atoms with E-state index in [9.17, 15) is 9.59 Å². The van der Waals surface area contributed by atoms with E-state index in [1.54, 1.807) is 12.3 Å². The number of likely N-dealkylation sites (N-methyl/N-ethyl adjacent to an activating group) is 1. The zero-order valence-electron chi connectivity index (χ0n) is 13.5. The lowest BCUT2D eigenvalue weighted by molar-refractivity contribution is -0.128. The second-order valence-electron chi connectivity index (χ2n) is 5.03. The Morgan fingerprint density at radius 1 is 1.26 bits per heavy atom. The summed E-state index contributed by atoms with van der Waals surface area (Å²) in [4.78, 5) is 27.9. The second-order valence-corrected chi connectivity index (χ2v) is 5.89. The van der Waals surface area contributed by atoms with Crippen molar-refractivity contribution in [3.8, 4) is 10.6 Å². The minimum absolute atomic E-state index is 0.223. The van der Waals surface area contributed by atoms with Crippen molar-refractivity contribution in [3.05, 3.63) is 40.9 Å². The molecule has 0 aliphatic heterocycles. The highest BCUT2D eigenvalue weighted by Crippen LogP contribution is 2.24. The van der Waals surface area contributed by atoms with Gasteiger partial charge in [0.2, 0.25) is 0 Å². The number of nitrogens with one attached hydrogen (secondary N) is 1. The molecule has 1 heterocycles. The predicted molar refractivity (Wildman–Crippen MR) is 90.5 cm³/mol. The molecular formula is C17H20N2O3S. The normalized spacial score (nSPS) is 11.8. The van der Waals surface area contributed by atoms with Gasteiger partial charge in [0.25, 0.3) is 5.91 Å². The summed E-state index contributed by atoms with van der Waals surface area (Å²) >= 11 is 1.38. The van der Waals surface area contributed by atoms with Crippen molar-refractivity contribution in [1.29, 1.82) is 0 Å². The number of rotatable bonds is 6. The van der Waals surface area contributed by atoms with Crippen molar-refractivity contribution >= 4 is 23.2 Å². The summed E-state index contributed by atoms with van der Waals surface area (Å²) in [5.74, 6) is -0.900. The average molecular weight is 332 g/mol. The van der Waals surface area contributed by atoms with Crippen molar-refractivity contribution < 1.29 is 14.3 Å². The summed E-state index contributed by atoms with van der Waals surface area (Å²) in [7, 11) is 0. The first kappa shape index (κ1) is 17.1. The van der Waals surface area contributed by atoms with E-state index in [0.717, 1.165) is 17.0 Å². The topological polar surface area (TPSA) is 68.3 Å². The van der Waals surface area contributed by atoms with E-state index in [1.807, 2.05) is 31.2 Å². The van der Waals surface area contributed by atoms with Crippen LogP contribution in [0.15, 0.2) is 29.6 Å². The number of hydrogen-bond donors (Lipinski definition) is 1. The Morgan fingerprint density at radius 3 is 2.57 bits per heavy atom. The van der Waals surface area contributed by atoms with Crippen molar-refractivity contribution in [2.45, 2.75) is 33.3 Å². The number of nitrogens with zero attached hydrogens (tertiary/aromatic N) is 1. The number of hydrogen-bond acceptors (Lipinski definition) is 5. The molecule has 0 spiro atoms. The van der Waals surface area contributed by atoms with Crippen molar-refractivity contribution in [1.82, 2.24) is 10.3 Å². The minimum atomic E-state index is -0.837. The highest BCUT2D eigenvalue weighted by Gasteiger charge is 2.20. The van der Waals surface area contributed by atoms with Gasteiger partial charge in [-0.15, -0.1) is 11.3 Å². The number of aromatic nitrogens is 1. The first-order valence-corrected chi connectivity index (χ1v) is 8.46. The number of carbonyl (C=O) groups excluding carboxylic acids is 2. The van der Waals surface area contributed by atoms with Crippen molar-refractivity contribution in [2.75, 3.05) is 6.54 Å². The Kier molecular flexibility index (Phi) is 5.87. The summed E-state index contributed by atoms with van der Waals surface area (Å²) in [6.07, 6.45) is 0.143. The monoisotopic (exact) mass is 332 g/mol. The molecule has 122 valence electrons. The molecule has 0 bridgehead atoms. The van der Waals surface area contributed by atoms with Crippen molar-refractivity contribution in [3.63, 3.8) is 0 Å². The third-order valence-corrected chi connectivity index (χ3v) is 4.22. The lowest BCUT2D eigenvalue weighted by atomic mass is 10.1.